The zero-order valence-corrected chi connectivity index (χ0v) is 13.5. The molecule has 1 aliphatic rings. The zero-order valence-electron chi connectivity index (χ0n) is 13.5. The van der Waals surface area contributed by atoms with E-state index in [0.29, 0.717) is 11.4 Å². The average Bonchev–Trinajstić information content (AvgIpc) is 2.87. The molecular formula is C15H21N5O2. The Balaban J connectivity index is 2.25. The van der Waals surface area contributed by atoms with Crippen molar-refractivity contribution in [3.63, 3.8) is 0 Å². The predicted octanol–water partition coefficient (Wildman–Crippen LogP) is 1.58. The molecule has 22 heavy (non-hydrogen) atoms. The number of H-pyrrole nitrogens is 1. The molecule has 0 aliphatic carbocycles. The minimum Gasteiger partial charge on any atom is -0.311 e. The van der Waals surface area contributed by atoms with Gasteiger partial charge in [-0.1, -0.05) is 0 Å². The largest absolute Gasteiger partial charge is 0.311 e. The third kappa shape index (κ3) is 2.00. The number of carbonyl (C=O) groups is 1. The second kappa shape index (κ2) is 4.86. The molecule has 2 aromatic heterocycles. The highest BCUT2D eigenvalue weighted by atomic mass is 16.2. The molecule has 118 valence electrons. The fraction of sp³-hybridized carbons (Fsp3) is 0.533. The Labute approximate surface area is 128 Å². The Morgan fingerprint density at radius 3 is 2.45 bits per heavy atom. The maximum Gasteiger partial charge on any atom is 0.270 e. The summed E-state index contributed by atoms with van der Waals surface area (Å²) in [5.74, 6) is 0.263. The summed E-state index contributed by atoms with van der Waals surface area (Å²) in [6, 6.07) is 0.0617. The Morgan fingerprint density at radius 1 is 1.23 bits per heavy atom. The van der Waals surface area contributed by atoms with Crippen molar-refractivity contribution in [2.24, 2.45) is 7.05 Å². The monoisotopic (exact) mass is 303 g/mol. The predicted molar refractivity (Wildman–Crippen MR) is 83.2 cm³/mol. The average molecular weight is 303 g/mol. The van der Waals surface area contributed by atoms with Gasteiger partial charge in [-0.15, -0.1) is 0 Å². The number of aromatic nitrogens is 4. The summed E-state index contributed by atoms with van der Waals surface area (Å²) in [6.07, 6.45) is 0.269. The van der Waals surface area contributed by atoms with Gasteiger partial charge in [0.05, 0.1) is 11.3 Å². The lowest BCUT2D eigenvalue weighted by molar-refractivity contribution is -0.116. The van der Waals surface area contributed by atoms with Crippen LogP contribution in [0.2, 0.25) is 0 Å². The van der Waals surface area contributed by atoms with E-state index in [1.54, 1.807) is 9.36 Å². The van der Waals surface area contributed by atoms with Crippen LogP contribution in [0.1, 0.15) is 54.7 Å². The van der Waals surface area contributed by atoms with Gasteiger partial charge in [0.1, 0.15) is 5.82 Å². The first-order chi connectivity index (χ1) is 10.3. The summed E-state index contributed by atoms with van der Waals surface area (Å²) >= 11 is 0. The number of hydrogen-bond donors (Lipinski definition) is 2. The van der Waals surface area contributed by atoms with Crippen LogP contribution >= 0.6 is 0 Å². The first-order valence-electron chi connectivity index (χ1n) is 7.45. The van der Waals surface area contributed by atoms with Crippen LogP contribution < -0.4 is 10.9 Å². The molecule has 1 atom stereocenters. The third-order valence-corrected chi connectivity index (χ3v) is 4.39. The normalized spacial score (nSPS) is 17.7. The van der Waals surface area contributed by atoms with Crippen molar-refractivity contribution in [1.82, 2.24) is 19.6 Å². The smallest absolute Gasteiger partial charge is 0.270 e. The Bertz CT molecular complexity index is 809. The number of carbonyl (C=O) groups excluding carboxylic acids is 1. The highest BCUT2D eigenvalue weighted by Gasteiger charge is 2.35. The fourth-order valence-electron chi connectivity index (χ4n) is 3.31. The van der Waals surface area contributed by atoms with Crippen molar-refractivity contribution in [2.45, 2.75) is 46.1 Å². The van der Waals surface area contributed by atoms with E-state index in [1.807, 2.05) is 34.7 Å². The number of aromatic amines is 1. The lowest BCUT2D eigenvalue weighted by Crippen LogP contribution is -2.27. The number of amides is 1. The maximum atomic E-state index is 12.5. The maximum absolute atomic E-state index is 12.5. The number of nitrogens with one attached hydrogen (secondary N) is 2. The molecule has 7 heteroatoms. The van der Waals surface area contributed by atoms with Crippen molar-refractivity contribution in [2.75, 3.05) is 5.32 Å². The van der Waals surface area contributed by atoms with Gasteiger partial charge in [0.2, 0.25) is 5.91 Å². The number of hydrogen-bond acceptors (Lipinski definition) is 3. The van der Waals surface area contributed by atoms with E-state index in [2.05, 4.69) is 15.5 Å². The summed E-state index contributed by atoms with van der Waals surface area (Å²) in [5, 5.41) is 10.1. The second-order valence-electron chi connectivity index (χ2n) is 6.18. The quantitative estimate of drug-likeness (QED) is 0.883. The molecule has 2 aromatic rings. The molecule has 0 unspecified atom stereocenters. The molecule has 3 rings (SSSR count). The van der Waals surface area contributed by atoms with E-state index >= 15 is 0 Å². The second-order valence-corrected chi connectivity index (χ2v) is 6.18. The van der Waals surface area contributed by atoms with Crippen LogP contribution in [-0.4, -0.2) is 25.5 Å². The van der Waals surface area contributed by atoms with E-state index in [1.165, 1.54) is 0 Å². The highest BCUT2D eigenvalue weighted by molar-refractivity contribution is 5.94. The van der Waals surface area contributed by atoms with Crippen LogP contribution in [-0.2, 0) is 11.8 Å². The van der Waals surface area contributed by atoms with Gasteiger partial charge >= 0.3 is 0 Å². The van der Waals surface area contributed by atoms with Gasteiger partial charge in [-0.05, 0) is 27.7 Å². The van der Waals surface area contributed by atoms with Crippen LogP contribution in [0.3, 0.4) is 0 Å². The Kier molecular flexibility index (Phi) is 3.23. The number of anilines is 1. The van der Waals surface area contributed by atoms with Crippen molar-refractivity contribution >= 4 is 11.7 Å². The highest BCUT2D eigenvalue weighted by Crippen LogP contribution is 2.38. The molecule has 0 saturated carbocycles. The number of nitrogens with zero attached hydrogens (tertiary/aromatic N) is 3. The number of rotatable bonds is 2. The summed E-state index contributed by atoms with van der Waals surface area (Å²) in [4.78, 5) is 24.6. The molecule has 1 amide bonds. The van der Waals surface area contributed by atoms with Gasteiger partial charge in [-0.25, -0.2) is 0 Å². The molecule has 0 radical (unpaired) electrons. The van der Waals surface area contributed by atoms with Gasteiger partial charge in [0.25, 0.3) is 5.56 Å². The topological polar surface area (TPSA) is 84.7 Å². The van der Waals surface area contributed by atoms with E-state index in [4.69, 9.17) is 0 Å². The van der Waals surface area contributed by atoms with Gasteiger partial charge in [0.15, 0.2) is 0 Å². The fourth-order valence-corrected chi connectivity index (χ4v) is 3.31. The van der Waals surface area contributed by atoms with Gasteiger partial charge in [0, 0.05) is 36.7 Å². The SMILES string of the molecule is Cc1nn(C)c(C)c1[C@@H]1CC(=O)Nc2c1c(=O)[nH]n2C(C)C. The summed E-state index contributed by atoms with van der Waals surface area (Å²) < 4.78 is 3.52. The molecule has 0 fully saturated rings. The molecule has 0 spiro atoms. The van der Waals surface area contributed by atoms with Gasteiger partial charge in [-0.3, -0.25) is 24.1 Å². The lowest BCUT2D eigenvalue weighted by Gasteiger charge is -2.24. The standard InChI is InChI=1S/C15H21N5O2/c1-7(2)20-14-13(15(22)18-20)10(6-11(21)16-14)12-8(3)17-19(5)9(12)4/h7,10H,6H2,1-5H3,(H,16,21)(H,18,22)/t10-/m0/s1. The van der Waals surface area contributed by atoms with Crippen molar-refractivity contribution in [3.05, 3.63) is 32.9 Å². The van der Waals surface area contributed by atoms with Crippen molar-refractivity contribution < 1.29 is 4.79 Å². The molecule has 7 nitrogen and oxygen atoms in total. The van der Waals surface area contributed by atoms with Crippen LogP contribution in [0, 0.1) is 13.8 Å². The molecule has 0 bridgehead atoms. The van der Waals surface area contributed by atoms with Crippen LogP contribution in [0.15, 0.2) is 4.79 Å². The Hall–Kier alpha value is -2.31. The van der Waals surface area contributed by atoms with Crippen LogP contribution in [0.25, 0.3) is 0 Å². The molecule has 2 N–H and O–H groups in total. The summed E-state index contributed by atoms with van der Waals surface area (Å²) in [6.45, 7) is 7.82. The molecule has 1 aliphatic heterocycles. The zero-order chi connectivity index (χ0) is 16.2. The minimum atomic E-state index is -0.249. The summed E-state index contributed by atoms with van der Waals surface area (Å²) in [7, 11) is 1.87. The van der Waals surface area contributed by atoms with Gasteiger partial charge in [-0.2, -0.15) is 5.10 Å². The molecule has 3 heterocycles. The number of fused-ring (bicyclic) bond motifs is 1. The molecule has 0 saturated heterocycles. The van der Waals surface area contributed by atoms with Gasteiger partial charge < -0.3 is 5.32 Å². The van der Waals surface area contributed by atoms with Crippen molar-refractivity contribution in [3.8, 4) is 0 Å². The van der Waals surface area contributed by atoms with Crippen LogP contribution in [0.5, 0.6) is 0 Å². The first-order valence-corrected chi connectivity index (χ1v) is 7.45. The van der Waals surface area contributed by atoms with E-state index in [0.717, 1.165) is 17.0 Å². The lowest BCUT2D eigenvalue weighted by atomic mass is 9.86. The van der Waals surface area contributed by atoms with Crippen LogP contribution in [0.4, 0.5) is 5.82 Å². The molecular weight excluding hydrogens is 282 g/mol. The summed E-state index contributed by atoms with van der Waals surface area (Å²) in [5.41, 5.74) is 3.32. The minimum absolute atomic E-state index is 0.0617. The first kappa shape index (κ1) is 14.6. The molecule has 0 aromatic carbocycles. The Morgan fingerprint density at radius 2 is 1.91 bits per heavy atom. The van der Waals surface area contributed by atoms with Crippen molar-refractivity contribution in [1.29, 1.82) is 0 Å². The third-order valence-electron chi connectivity index (χ3n) is 4.39. The van der Waals surface area contributed by atoms with E-state index in [9.17, 15) is 9.59 Å². The number of aryl methyl sites for hydroxylation is 2. The van der Waals surface area contributed by atoms with E-state index < -0.39 is 0 Å². The van der Waals surface area contributed by atoms with E-state index in [-0.39, 0.29) is 29.8 Å².